The number of nitrogen functional groups attached to an aromatic ring is 1. The third kappa shape index (κ3) is 11.2. The van der Waals surface area contributed by atoms with Gasteiger partial charge >= 0.3 is 0 Å². The molecule has 1 aromatic heterocycles. The first kappa shape index (κ1) is 39.1. The first-order valence-electron chi connectivity index (χ1n) is 18.4. The van der Waals surface area contributed by atoms with Gasteiger partial charge in [0.1, 0.15) is 5.01 Å². The number of amides is 2. The van der Waals surface area contributed by atoms with E-state index in [-0.39, 0.29) is 30.6 Å². The third-order valence-electron chi connectivity index (χ3n) is 9.29. The van der Waals surface area contributed by atoms with Crippen LogP contribution in [0.25, 0.3) is 11.1 Å². The molecule has 0 radical (unpaired) electrons. The van der Waals surface area contributed by atoms with E-state index in [1.807, 2.05) is 73.7 Å². The van der Waals surface area contributed by atoms with E-state index in [1.54, 1.807) is 35.2 Å². The van der Waals surface area contributed by atoms with Gasteiger partial charge in [-0.15, -0.1) is 10.2 Å². The highest BCUT2D eigenvalue weighted by Gasteiger charge is 2.32. The Bertz CT molecular complexity index is 1970. The van der Waals surface area contributed by atoms with Gasteiger partial charge in [0.05, 0.1) is 30.2 Å². The fourth-order valence-corrected chi connectivity index (χ4v) is 8.19. The molecule has 3 atom stereocenters. The van der Waals surface area contributed by atoms with Gasteiger partial charge in [-0.05, 0) is 59.7 Å². The molecule has 1 fully saturated rings. The molecule has 0 saturated carbocycles. The number of hydrogen-bond acceptors (Lipinski definition) is 10. The summed E-state index contributed by atoms with van der Waals surface area (Å²) in [5.41, 5.74) is 13.0. The molecule has 2 amide bonds. The molecule has 10 nitrogen and oxygen atoms in total. The van der Waals surface area contributed by atoms with Crippen LogP contribution in [0.2, 0.25) is 0 Å². The minimum atomic E-state index is -0.558. The molecule has 282 valence electrons. The SMILES string of the molecule is Cc1nnc(SC[C@H]2C[C@@H](c3ccc(CO)cc3)O[C@@H](c3ccc(-c4ccccc4CNC(=O)CCCCCCC(=O)Nc4ccccc4N)cc3)O2)s1. The lowest BCUT2D eigenvalue weighted by molar-refractivity contribution is -0.245. The predicted octanol–water partition coefficient (Wildman–Crippen LogP) is 8.52. The number of nitrogens with zero attached hydrogens (tertiary/aromatic N) is 2. The summed E-state index contributed by atoms with van der Waals surface area (Å²) in [5, 5.41) is 24.8. The van der Waals surface area contributed by atoms with Gasteiger partial charge in [0.2, 0.25) is 11.8 Å². The summed E-state index contributed by atoms with van der Waals surface area (Å²) in [6.07, 6.45) is 4.04. The Morgan fingerprint density at radius 3 is 2.28 bits per heavy atom. The second-order valence-corrected chi connectivity index (χ2v) is 15.8. The van der Waals surface area contributed by atoms with Crippen molar-refractivity contribution in [1.82, 2.24) is 15.5 Å². The zero-order chi connectivity index (χ0) is 37.7. The Morgan fingerprint density at radius 1 is 0.852 bits per heavy atom. The van der Waals surface area contributed by atoms with Crippen LogP contribution in [0, 0.1) is 6.92 Å². The van der Waals surface area contributed by atoms with E-state index in [4.69, 9.17) is 15.2 Å². The number of ether oxygens (including phenoxy) is 2. The molecule has 0 spiro atoms. The summed E-state index contributed by atoms with van der Waals surface area (Å²) in [6, 6.07) is 31.5. The Balaban J connectivity index is 1.00. The van der Waals surface area contributed by atoms with Crippen molar-refractivity contribution in [2.24, 2.45) is 0 Å². The Kier molecular flexibility index (Phi) is 14.2. The van der Waals surface area contributed by atoms with Crippen molar-refractivity contribution >= 4 is 46.3 Å². The van der Waals surface area contributed by atoms with Crippen molar-refractivity contribution in [3.63, 3.8) is 0 Å². The van der Waals surface area contributed by atoms with Crippen LogP contribution < -0.4 is 16.4 Å². The number of unbranched alkanes of at least 4 members (excludes halogenated alkanes) is 3. The predicted molar refractivity (Wildman–Crippen MR) is 215 cm³/mol. The van der Waals surface area contributed by atoms with Crippen molar-refractivity contribution in [2.45, 2.75) is 87.9 Å². The molecule has 1 saturated heterocycles. The first-order chi connectivity index (χ1) is 26.3. The van der Waals surface area contributed by atoms with Gasteiger partial charge in [0.15, 0.2) is 10.6 Å². The van der Waals surface area contributed by atoms with Crippen molar-refractivity contribution in [1.29, 1.82) is 0 Å². The quantitative estimate of drug-likeness (QED) is 0.0415. The molecule has 1 aliphatic heterocycles. The van der Waals surface area contributed by atoms with Crippen molar-refractivity contribution < 1.29 is 24.2 Å². The number of aliphatic hydroxyl groups excluding tert-OH is 1. The molecule has 5 N–H and O–H groups in total. The standard InChI is InChI=1S/C42H47N5O5S2/c1-28-46-47-42(54-28)53-27-34-24-38(31-18-16-29(26-48)17-19-31)52-41(51-34)32-22-20-30(21-23-32)35-11-7-6-10-33(35)25-44-39(49)14-4-2-3-5-15-40(50)45-37-13-9-8-12-36(37)43/h6-13,16-23,34,38,41,48H,2-5,14-15,24-27,43H2,1H3,(H,44,49)(H,45,50)/t34-,38+,41+/m1/s1. The summed E-state index contributed by atoms with van der Waals surface area (Å²) < 4.78 is 14.0. The van der Waals surface area contributed by atoms with E-state index in [0.717, 1.165) is 74.2 Å². The Labute approximate surface area is 324 Å². The molecule has 12 heteroatoms. The van der Waals surface area contributed by atoms with Crippen molar-refractivity contribution in [3.8, 4) is 11.1 Å². The number of aryl methyl sites for hydroxylation is 1. The third-order valence-corrected chi connectivity index (χ3v) is 11.4. The number of nitrogens with two attached hydrogens (primary N) is 1. The Hall–Kier alpha value is -4.59. The van der Waals surface area contributed by atoms with Crippen LogP contribution >= 0.6 is 23.1 Å². The van der Waals surface area contributed by atoms with Crippen LogP contribution in [0.3, 0.4) is 0 Å². The monoisotopic (exact) mass is 765 g/mol. The smallest absolute Gasteiger partial charge is 0.224 e. The number of aromatic nitrogens is 2. The van der Waals surface area contributed by atoms with E-state index in [1.165, 1.54) is 0 Å². The van der Waals surface area contributed by atoms with Crippen LogP contribution in [0.4, 0.5) is 11.4 Å². The molecule has 0 unspecified atom stereocenters. The van der Waals surface area contributed by atoms with Crippen LogP contribution in [0.1, 0.15) is 84.6 Å². The van der Waals surface area contributed by atoms with Gasteiger partial charge in [0.25, 0.3) is 0 Å². The van der Waals surface area contributed by atoms with E-state index in [0.29, 0.717) is 37.2 Å². The maximum atomic E-state index is 12.7. The maximum Gasteiger partial charge on any atom is 0.224 e. The number of hydrogen-bond donors (Lipinski definition) is 4. The van der Waals surface area contributed by atoms with Gasteiger partial charge in [-0.3, -0.25) is 9.59 Å². The number of rotatable bonds is 17. The average molecular weight is 766 g/mol. The topological polar surface area (TPSA) is 149 Å². The highest BCUT2D eigenvalue weighted by molar-refractivity contribution is 8.01. The van der Waals surface area contributed by atoms with Crippen LogP contribution in [0.15, 0.2) is 101 Å². The number of thioether (sulfide) groups is 1. The van der Waals surface area contributed by atoms with Gasteiger partial charge in [0, 0.05) is 37.1 Å². The molecule has 2 heterocycles. The van der Waals surface area contributed by atoms with Gasteiger partial charge in [-0.1, -0.05) is 121 Å². The highest BCUT2D eigenvalue weighted by atomic mass is 32.2. The van der Waals surface area contributed by atoms with Crippen LogP contribution in [0.5, 0.6) is 0 Å². The van der Waals surface area contributed by atoms with Crippen LogP contribution in [-0.2, 0) is 32.2 Å². The number of benzene rings is 4. The summed E-state index contributed by atoms with van der Waals surface area (Å²) in [7, 11) is 0. The van der Waals surface area contributed by atoms with E-state index < -0.39 is 6.29 Å². The Morgan fingerprint density at radius 2 is 1.56 bits per heavy atom. The fourth-order valence-electron chi connectivity index (χ4n) is 6.33. The largest absolute Gasteiger partial charge is 0.397 e. The van der Waals surface area contributed by atoms with Gasteiger partial charge in [-0.25, -0.2) is 0 Å². The van der Waals surface area contributed by atoms with E-state index >= 15 is 0 Å². The summed E-state index contributed by atoms with van der Waals surface area (Å²) in [5.74, 6) is 0.684. The lowest BCUT2D eigenvalue weighted by atomic mass is 9.97. The number of para-hydroxylation sites is 2. The number of carbonyl (C=O) groups is 2. The molecular formula is C42H47N5O5S2. The minimum Gasteiger partial charge on any atom is -0.397 e. The lowest BCUT2D eigenvalue weighted by Crippen LogP contribution is -2.31. The molecular weight excluding hydrogens is 719 g/mol. The minimum absolute atomic E-state index is 0.00310. The number of anilines is 2. The molecule has 5 aromatic rings. The fraction of sp³-hybridized carbons (Fsp3) is 0.333. The average Bonchev–Trinajstić information content (AvgIpc) is 3.63. The van der Waals surface area contributed by atoms with Crippen molar-refractivity contribution in [3.05, 3.63) is 124 Å². The number of nitrogens with one attached hydrogen (secondary N) is 2. The van der Waals surface area contributed by atoms with E-state index in [2.05, 4.69) is 39.0 Å². The first-order valence-corrected chi connectivity index (χ1v) is 20.2. The number of carbonyl (C=O) groups excluding carboxylic acids is 2. The normalized spacial score (nSPS) is 16.9. The van der Waals surface area contributed by atoms with E-state index in [9.17, 15) is 14.7 Å². The molecule has 0 aliphatic carbocycles. The van der Waals surface area contributed by atoms with Gasteiger partial charge in [-0.2, -0.15) is 0 Å². The zero-order valence-corrected chi connectivity index (χ0v) is 32.0. The summed E-state index contributed by atoms with van der Waals surface area (Å²) in [6.45, 7) is 2.38. The summed E-state index contributed by atoms with van der Waals surface area (Å²) >= 11 is 3.23. The lowest BCUT2D eigenvalue weighted by Gasteiger charge is -2.36. The molecule has 0 bridgehead atoms. The molecule has 4 aromatic carbocycles. The molecule has 1 aliphatic rings. The molecule has 54 heavy (non-hydrogen) atoms. The second kappa shape index (κ2) is 19.7. The second-order valence-electron chi connectivity index (χ2n) is 13.4. The number of aliphatic hydroxyl groups is 1. The van der Waals surface area contributed by atoms with Crippen LogP contribution in [-0.4, -0.2) is 39.0 Å². The zero-order valence-electron chi connectivity index (χ0n) is 30.4. The van der Waals surface area contributed by atoms with Crippen molar-refractivity contribution in [2.75, 3.05) is 16.8 Å². The van der Waals surface area contributed by atoms with Gasteiger partial charge < -0.3 is 30.9 Å². The summed E-state index contributed by atoms with van der Waals surface area (Å²) in [4.78, 5) is 25.0. The maximum absolute atomic E-state index is 12.7. The molecule has 6 rings (SSSR count). The highest BCUT2D eigenvalue weighted by Crippen LogP contribution is 2.40.